The highest BCUT2D eigenvalue weighted by atomic mass is 35.5. The quantitative estimate of drug-likeness (QED) is 0.779. The van der Waals surface area contributed by atoms with Crippen LogP contribution in [0.3, 0.4) is 0 Å². The summed E-state index contributed by atoms with van der Waals surface area (Å²) in [4.78, 5) is 38.2. The van der Waals surface area contributed by atoms with Gasteiger partial charge in [0.05, 0.1) is 5.92 Å². The van der Waals surface area contributed by atoms with Gasteiger partial charge in [-0.2, -0.15) is 0 Å². The molecule has 0 radical (unpaired) electrons. The predicted octanol–water partition coefficient (Wildman–Crippen LogP) is 3.49. The van der Waals surface area contributed by atoms with Crippen molar-refractivity contribution in [3.8, 4) is 0 Å². The maximum absolute atomic E-state index is 12.3. The molecule has 2 amide bonds. The number of hydrogen-bond donors (Lipinski definition) is 1. The van der Waals surface area contributed by atoms with E-state index in [1.807, 2.05) is 32.0 Å². The van der Waals surface area contributed by atoms with Crippen molar-refractivity contribution in [2.75, 3.05) is 23.4 Å². The van der Waals surface area contributed by atoms with Crippen LogP contribution < -0.4 is 10.2 Å². The lowest BCUT2D eigenvalue weighted by Crippen LogP contribution is -2.28. The lowest BCUT2D eigenvalue weighted by molar-refractivity contribution is -0.151. The molecule has 7 heteroatoms. The summed E-state index contributed by atoms with van der Waals surface area (Å²) in [5.41, 5.74) is 3.21. The van der Waals surface area contributed by atoms with Crippen molar-refractivity contribution in [2.24, 2.45) is 5.92 Å². The minimum atomic E-state index is -0.612. The van der Waals surface area contributed by atoms with Crippen LogP contribution in [0.4, 0.5) is 11.4 Å². The first-order valence-corrected chi connectivity index (χ1v) is 9.31. The highest BCUT2D eigenvalue weighted by Gasteiger charge is 2.36. The molecule has 0 spiro atoms. The lowest BCUT2D eigenvalue weighted by atomic mass is 10.1. The van der Waals surface area contributed by atoms with Crippen molar-refractivity contribution in [3.63, 3.8) is 0 Å². The minimum Gasteiger partial charge on any atom is -0.455 e. The number of para-hydroxylation sites is 1. The zero-order chi connectivity index (χ0) is 20.3. The number of nitrogens with one attached hydrogen (secondary N) is 1. The van der Waals surface area contributed by atoms with Gasteiger partial charge in [0.25, 0.3) is 5.91 Å². The second-order valence-corrected chi connectivity index (χ2v) is 7.24. The summed E-state index contributed by atoms with van der Waals surface area (Å²) in [7, 11) is 0. The molecule has 1 heterocycles. The zero-order valence-electron chi connectivity index (χ0n) is 15.7. The summed E-state index contributed by atoms with van der Waals surface area (Å²) in [6.45, 7) is 3.59. The van der Waals surface area contributed by atoms with Gasteiger partial charge in [-0.05, 0) is 43.2 Å². The molecule has 1 aliphatic rings. The van der Waals surface area contributed by atoms with Crippen LogP contribution in [0.1, 0.15) is 17.5 Å². The van der Waals surface area contributed by atoms with Crippen LogP contribution in [0.2, 0.25) is 5.02 Å². The number of ether oxygens (including phenoxy) is 1. The maximum Gasteiger partial charge on any atom is 0.311 e. The van der Waals surface area contributed by atoms with E-state index in [0.717, 1.165) is 11.1 Å². The number of anilines is 2. The van der Waals surface area contributed by atoms with Crippen LogP contribution in [-0.2, 0) is 19.1 Å². The first-order valence-electron chi connectivity index (χ1n) is 8.94. The third-order valence-corrected chi connectivity index (χ3v) is 4.90. The number of aryl methyl sites for hydroxylation is 2. The summed E-state index contributed by atoms with van der Waals surface area (Å²) in [5.74, 6) is -1.76. The number of rotatable bonds is 5. The van der Waals surface area contributed by atoms with Gasteiger partial charge in [-0.1, -0.05) is 35.9 Å². The minimum absolute atomic E-state index is 0.0455. The Kier molecular flexibility index (Phi) is 5.99. The lowest BCUT2D eigenvalue weighted by Gasteiger charge is -2.16. The van der Waals surface area contributed by atoms with Crippen molar-refractivity contribution in [3.05, 3.63) is 58.6 Å². The average molecular weight is 401 g/mol. The van der Waals surface area contributed by atoms with Crippen LogP contribution in [0.5, 0.6) is 0 Å². The van der Waals surface area contributed by atoms with Crippen molar-refractivity contribution in [1.29, 1.82) is 0 Å². The first kappa shape index (κ1) is 19.9. The SMILES string of the molecule is Cc1cccc(C)c1NC(=O)COC(=O)[C@H]1CC(=O)N(c2cccc(Cl)c2)C1. The Hall–Kier alpha value is -2.86. The van der Waals surface area contributed by atoms with Gasteiger partial charge in [-0.25, -0.2) is 0 Å². The Morgan fingerprint density at radius 1 is 1.18 bits per heavy atom. The van der Waals surface area contributed by atoms with E-state index in [1.165, 1.54) is 4.90 Å². The van der Waals surface area contributed by atoms with Gasteiger partial charge in [0.2, 0.25) is 5.91 Å². The van der Waals surface area contributed by atoms with E-state index in [2.05, 4.69) is 5.32 Å². The number of amides is 2. The number of halogens is 1. The van der Waals surface area contributed by atoms with Crippen molar-refractivity contribution < 1.29 is 19.1 Å². The van der Waals surface area contributed by atoms with E-state index in [-0.39, 0.29) is 18.9 Å². The van der Waals surface area contributed by atoms with Gasteiger partial charge in [-0.15, -0.1) is 0 Å². The van der Waals surface area contributed by atoms with Gasteiger partial charge in [0.1, 0.15) is 0 Å². The predicted molar refractivity (Wildman–Crippen MR) is 107 cm³/mol. The van der Waals surface area contributed by atoms with Gasteiger partial charge in [0, 0.05) is 29.4 Å². The third kappa shape index (κ3) is 4.51. The fourth-order valence-corrected chi connectivity index (χ4v) is 3.39. The zero-order valence-corrected chi connectivity index (χ0v) is 16.5. The van der Waals surface area contributed by atoms with E-state index in [0.29, 0.717) is 16.4 Å². The average Bonchev–Trinajstić information content (AvgIpc) is 3.05. The van der Waals surface area contributed by atoms with Crippen molar-refractivity contribution >= 4 is 40.8 Å². The standard InChI is InChI=1S/C21H21ClN2O4/c1-13-5-3-6-14(2)20(13)23-18(25)12-28-21(27)15-9-19(26)24(11-15)17-8-4-7-16(22)10-17/h3-8,10,15H,9,11-12H2,1-2H3,(H,23,25)/t15-/m0/s1. The second-order valence-electron chi connectivity index (χ2n) is 6.81. The molecule has 146 valence electrons. The molecule has 1 atom stereocenters. The topological polar surface area (TPSA) is 75.7 Å². The Labute approximate surface area is 168 Å². The molecule has 1 saturated heterocycles. The largest absolute Gasteiger partial charge is 0.455 e. The van der Waals surface area contributed by atoms with E-state index < -0.39 is 24.4 Å². The van der Waals surface area contributed by atoms with Crippen LogP contribution >= 0.6 is 11.6 Å². The van der Waals surface area contributed by atoms with Gasteiger partial charge >= 0.3 is 5.97 Å². The first-order chi connectivity index (χ1) is 13.3. The normalized spacial score (nSPS) is 16.2. The molecule has 0 aromatic heterocycles. The Balaban J connectivity index is 1.55. The van der Waals surface area contributed by atoms with Crippen LogP contribution in [0.25, 0.3) is 0 Å². The smallest absolute Gasteiger partial charge is 0.311 e. The third-order valence-electron chi connectivity index (χ3n) is 4.67. The molecule has 1 fully saturated rings. The summed E-state index contributed by atoms with van der Waals surface area (Å²) in [6, 6.07) is 12.6. The van der Waals surface area contributed by atoms with Crippen LogP contribution in [-0.4, -0.2) is 30.9 Å². The fraction of sp³-hybridized carbons (Fsp3) is 0.286. The number of carbonyl (C=O) groups excluding carboxylic acids is 3. The van der Waals surface area contributed by atoms with Crippen LogP contribution in [0, 0.1) is 19.8 Å². The number of benzene rings is 2. The molecular formula is C21H21ClN2O4. The van der Waals surface area contributed by atoms with Gasteiger partial charge < -0.3 is 15.0 Å². The molecule has 28 heavy (non-hydrogen) atoms. The number of hydrogen-bond acceptors (Lipinski definition) is 4. The molecule has 2 aromatic rings. The molecule has 0 bridgehead atoms. The van der Waals surface area contributed by atoms with E-state index in [1.54, 1.807) is 24.3 Å². The Morgan fingerprint density at radius 2 is 1.86 bits per heavy atom. The van der Waals surface area contributed by atoms with E-state index in [4.69, 9.17) is 16.3 Å². The Morgan fingerprint density at radius 3 is 2.54 bits per heavy atom. The highest BCUT2D eigenvalue weighted by Crippen LogP contribution is 2.27. The molecule has 0 saturated carbocycles. The fourth-order valence-electron chi connectivity index (χ4n) is 3.20. The van der Waals surface area contributed by atoms with Crippen molar-refractivity contribution in [1.82, 2.24) is 0 Å². The monoisotopic (exact) mass is 400 g/mol. The van der Waals surface area contributed by atoms with Gasteiger partial charge in [0.15, 0.2) is 6.61 Å². The molecule has 6 nitrogen and oxygen atoms in total. The molecular weight excluding hydrogens is 380 g/mol. The van der Waals surface area contributed by atoms with E-state index >= 15 is 0 Å². The maximum atomic E-state index is 12.3. The molecule has 0 aliphatic carbocycles. The highest BCUT2D eigenvalue weighted by molar-refractivity contribution is 6.31. The summed E-state index contributed by atoms with van der Waals surface area (Å²) >= 11 is 5.97. The van der Waals surface area contributed by atoms with Crippen LogP contribution in [0.15, 0.2) is 42.5 Å². The second kappa shape index (κ2) is 8.44. The molecule has 1 aliphatic heterocycles. The summed E-state index contributed by atoms with van der Waals surface area (Å²) < 4.78 is 5.14. The van der Waals surface area contributed by atoms with E-state index in [9.17, 15) is 14.4 Å². The molecule has 1 N–H and O–H groups in total. The number of nitrogens with zero attached hydrogens (tertiary/aromatic N) is 1. The number of esters is 1. The molecule has 0 unspecified atom stereocenters. The summed E-state index contributed by atoms with van der Waals surface area (Å²) in [5, 5.41) is 3.28. The Bertz CT molecular complexity index is 908. The molecule has 3 rings (SSSR count). The summed E-state index contributed by atoms with van der Waals surface area (Å²) in [6.07, 6.45) is 0.0455. The van der Waals surface area contributed by atoms with Crippen molar-refractivity contribution in [2.45, 2.75) is 20.3 Å². The van der Waals surface area contributed by atoms with Gasteiger partial charge in [-0.3, -0.25) is 14.4 Å². The number of carbonyl (C=O) groups is 3. The molecule has 2 aromatic carbocycles.